The normalized spacial score (nSPS) is 28.4. The van der Waals surface area contributed by atoms with Gasteiger partial charge in [0.2, 0.25) is 5.91 Å². The van der Waals surface area contributed by atoms with Gasteiger partial charge in [-0.15, -0.1) is 0 Å². The van der Waals surface area contributed by atoms with Crippen molar-refractivity contribution in [1.29, 1.82) is 0 Å². The monoisotopic (exact) mass is 398 g/mol. The molecule has 0 saturated carbocycles. The number of anilines is 1. The third-order valence-corrected chi connectivity index (χ3v) is 6.29. The third-order valence-electron chi connectivity index (χ3n) is 6.29. The van der Waals surface area contributed by atoms with E-state index in [4.69, 9.17) is 4.74 Å². The standard InChI is InChI=1S/C20H25F3N2O3/c21-20(22,23)9-18(27)25-11-16-19(14-3-1-2-4-15(14)25)17(12-26)24(16)10-13-5-7-28-8-6-13/h1-4,13,16-17,19,26H,5-12H2/t16-,17-,19-/m0/s1. The van der Waals surface area contributed by atoms with E-state index in [9.17, 15) is 23.1 Å². The predicted octanol–water partition coefficient (Wildman–Crippen LogP) is 2.54. The first kappa shape index (κ1) is 19.7. The molecule has 1 amide bonds. The molecule has 4 rings (SSSR count). The van der Waals surface area contributed by atoms with Crippen molar-refractivity contribution >= 4 is 11.6 Å². The molecule has 3 aliphatic heterocycles. The zero-order chi connectivity index (χ0) is 19.9. The summed E-state index contributed by atoms with van der Waals surface area (Å²) in [5.74, 6) is -0.437. The maximum Gasteiger partial charge on any atom is 0.397 e. The van der Waals surface area contributed by atoms with Crippen molar-refractivity contribution in [2.75, 3.05) is 37.8 Å². The van der Waals surface area contributed by atoms with Crippen LogP contribution in [0.1, 0.15) is 30.7 Å². The van der Waals surface area contributed by atoms with E-state index in [1.54, 1.807) is 12.1 Å². The van der Waals surface area contributed by atoms with Gasteiger partial charge in [0.1, 0.15) is 6.42 Å². The highest BCUT2D eigenvalue weighted by atomic mass is 19.4. The van der Waals surface area contributed by atoms with Gasteiger partial charge in [-0.1, -0.05) is 18.2 Å². The average Bonchev–Trinajstić information content (AvgIpc) is 2.65. The molecule has 2 saturated heterocycles. The first-order valence-corrected chi connectivity index (χ1v) is 9.79. The van der Waals surface area contributed by atoms with Crippen LogP contribution in [0.3, 0.4) is 0 Å². The molecule has 0 bridgehead atoms. The average molecular weight is 398 g/mol. The summed E-state index contributed by atoms with van der Waals surface area (Å²) in [5.41, 5.74) is 1.40. The van der Waals surface area contributed by atoms with E-state index in [0.717, 1.165) is 38.2 Å². The minimum atomic E-state index is -4.53. The zero-order valence-electron chi connectivity index (χ0n) is 15.6. The van der Waals surface area contributed by atoms with Crippen LogP contribution in [-0.4, -0.2) is 67.1 Å². The molecular formula is C20H25F3N2O3. The van der Waals surface area contributed by atoms with E-state index in [1.165, 1.54) is 4.90 Å². The lowest BCUT2D eigenvalue weighted by Crippen LogP contribution is -2.70. The van der Waals surface area contributed by atoms with Crippen LogP contribution in [0.5, 0.6) is 0 Å². The van der Waals surface area contributed by atoms with Gasteiger partial charge in [0.25, 0.3) is 0 Å². The number of aliphatic hydroxyl groups is 1. The molecule has 5 nitrogen and oxygen atoms in total. The Hall–Kier alpha value is -1.64. The summed E-state index contributed by atoms with van der Waals surface area (Å²) < 4.78 is 43.9. The summed E-state index contributed by atoms with van der Waals surface area (Å²) in [6.07, 6.45) is -4.10. The molecule has 28 heavy (non-hydrogen) atoms. The highest BCUT2D eigenvalue weighted by Crippen LogP contribution is 2.49. The fourth-order valence-corrected chi connectivity index (χ4v) is 4.97. The fraction of sp³-hybridized carbons (Fsp3) is 0.650. The van der Waals surface area contributed by atoms with Gasteiger partial charge >= 0.3 is 6.18 Å². The quantitative estimate of drug-likeness (QED) is 0.847. The van der Waals surface area contributed by atoms with Crippen LogP contribution in [0.4, 0.5) is 18.9 Å². The van der Waals surface area contributed by atoms with Gasteiger partial charge in [-0.2, -0.15) is 13.2 Å². The van der Waals surface area contributed by atoms with Gasteiger partial charge in [-0.25, -0.2) is 0 Å². The number of carbonyl (C=O) groups is 1. The van der Waals surface area contributed by atoms with Gasteiger partial charge < -0.3 is 14.7 Å². The van der Waals surface area contributed by atoms with Crippen LogP contribution < -0.4 is 4.90 Å². The number of alkyl halides is 3. The number of halogens is 3. The van der Waals surface area contributed by atoms with E-state index in [0.29, 0.717) is 11.6 Å². The smallest absolute Gasteiger partial charge is 0.395 e. The number of ether oxygens (including phenoxy) is 1. The van der Waals surface area contributed by atoms with Crippen molar-refractivity contribution in [2.24, 2.45) is 5.92 Å². The molecule has 2 fully saturated rings. The molecule has 1 aromatic carbocycles. The lowest BCUT2D eigenvalue weighted by molar-refractivity contribution is -0.152. The number of nitrogens with zero attached hydrogens (tertiary/aromatic N) is 2. The Morgan fingerprint density at radius 1 is 1.21 bits per heavy atom. The van der Waals surface area contributed by atoms with Gasteiger partial charge in [0.05, 0.1) is 6.61 Å². The number of fused-ring (bicyclic) bond motifs is 3. The first-order valence-electron chi connectivity index (χ1n) is 9.79. The Morgan fingerprint density at radius 3 is 2.61 bits per heavy atom. The van der Waals surface area contributed by atoms with Gasteiger partial charge in [0, 0.05) is 50.0 Å². The minimum absolute atomic E-state index is 0.00474. The maximum absolute atomic E-state index is 12.8. The SMILES string of the molecule is O=C(CC(F)(F)F)N1C[C@H]2[C@H](c3ccccc31)[C@H](CO)N2CC1CCOCC1. The van der Waals surface area contributed by atoms with Crippen molar-refractivity contribution in [3.05, 3.63) is 29.8 Å². The largest absolute Gasteiger partial charge is 0.397 e. The van der Waals surface area contributed by atoms with Crippen LogP contribution in [0.2, 0.25) is 0 Å². The van der Waals surface area contributed by atoms with Gasteiger partial charge in [-0.05, 0) is 30.4 Å². The van der Waals surface area contributed by atoms with E-state index in [1.807, 2.05) is 12.1 Å². The van der Waals surface area contributed by atoms with Crippen LogP contribution >= 0.6 is 0 Å². The Morgan fingerprint density at radius 2 is 1.93 bits per heavy atom. The Kier molecular flexibility index (Phi) is 5.37. The highest BCUT2D eigenvalue weighted by Gasteiger charge is 2.53. The number of benzene rings is 1. The number of rotatable bonds is 4. The molecule has 0 radical (unpaired) electrons. The Balaban J connectivity index is 1.58. The summed E-state index contributed by atoms with van der Waals surface area (Å²) in [4.78, 5) is 15.9. The molecule has 0 aliphatic carbocycles. The molecule has 3 aliphatic rings. The molecule has 1 aromatic rings. The summed E-state index contributed by atoms with van der Waals surface area (Å²) in [7, 11) is 0. The predicted molar refractivity (Wildman–Crippen MR) is 97.1 cm³/mol. The van der Waals surface area contributed by atoms with Crippen molar-refractivity contribution in [1.82, 2.24) is 4.90 Å². The van der Waals surface area contributed by atoms with Gasteiger partial charge in [0.15, 0.2) is 0 Å². The molecule has 154 valence electrons. The number of amides is 1. The number of aliphatic hydroxyl groups excluding tert-OH is 1. The zero-order valence-corrected chi connectivity index (χ0v) is 15.6. The van der Waals surface area contributed by atoms with Gasteiger partial charge in [-0.3, -0.25) is 9.69 Å². The number of para-hydroxylation sites is 1. The number of carbonyl (C=O) groups excluding carboxylic acids is 1. The fourth-order valence-electron chi connectivity index (χ4n) is 4.97. The van der Waals surface area contributed by atoms with E-state index < -0.39 is 18.5 Å². The second-order valence-electron chi connectivity index (χ2n) is 7.95. The van der Waals surface area contributed by atoms with Crippen molar-refractivity contribution < 1.29 is 27.8 Å². The molecule has 3 atom stereocenters. The van der Waals surface area contributed by atoms with Crippen molar-refractivity contribution in [3.8, 4) is 0 Å². The Labute approximate surface area is 162 Å². The maximum atomic E-state index is 12.8. The first-order chi connectivity index (χ1) is 13.4. The summed E-state index contributed by atoms with van der Waals surface area (Å²) >= 11 is 0. The van der Waals surface area contributed by atoms with Crippen molar-refractivity contribution in [3.63, 3.8) is 0 Å². The second kappa shape index (κ2) is 7.65. The minimum Gasteiger partial charge on any atom is -0.395 e. The highest BCUT2D eigenvalue weighted by molar-refractivity contribution is 5.95. The molecule has 0 aromatic heterocycles. The summed E-state index contributed by atoms with van der Waals surface area (Å²) in [6.45, 7) is 2.44. The van der Waals surface area contributed by atoms with Crippen LogP contribution in [0, 0.1) is 5.92 Å². The molecule has 0 spiro atoms. The van der Waals surface area contributed by atoms with E-state index in [2.05, 4.69) is 4.90 Å². The topological polar surface area (TPSA) is 53.0 Å². The van der Waals surface area contributed by atoms with E-state index >= 15 is 0 Å². The number of hydrogen-bond donors (Lipinski definition) is 1. The van der Waals surface area contributed by atoms with Crippen LogP contribution in [0.15, 0.2) is 24.3 Å². The molecule has 3 heterocycles. The van der Waals surface area contributed by atoms with Crippen LogP contribution in [0.25, 0.3) is 0 Å². The molecule has 1 N–H and O–H groups in total. The van der Waals surface area contributed by atoms with E-state index in [-0.39, 0.29) is 31.2 Å². The number of hydrogen-bond acceptors (Lipinski definition) is 4. The lowest BCUT2D eigenvalue weighted by atomic mass is 9.71. The van der Waals surface area contributed by atoms with Crippen LogP contribution in [-0.2, 0) is 9.53 Å². The summed E-state index contributed by atoms with van der Waals surface area (Å²) in [6, 6.07) is 7.02. The molecule has 0 unspecified atom stereocenters. The number of likely N-dealkylation sites (tertiary alicyclic amines) is 1. The molecule has 8 heteroatoms. The Bertz CT molecular complexity index is 721. The lowest BCUT2D eigenvalue weighted by Gasteiger charge is -2.60. The van der Waals surface area contributed by atoms with Crippen molar-refractivity contribution in [2.45, 2.75) is 43.4 Å². The molecular weight excluding hydrogens is 373 g/mol. The summed E-state index contributed by atoms with van der Waals surface area (Å²) in [5, 5.41) is 9.98. The third kappa shape index (κ3) is 3.65. The second-order valence-corrected chi connectivity index (χ2v) is 7.95.